The van der Waals surface area contributed by atoms with E-state index >= 15 is 4.39 Å². The maximum Gasteiger partial charge on any atom is 0.396 e. The van der Waals surface area contributed by atoms with E-state index in [4.69, 9.17) is 0 Å². The minimum Gasteiger partial charge on any atom is -0.256 e. The molecule has 4 aromatic rings. The van der Waals surface area contributed by atoms with E-state index in [-0.39, 0.29) is 24.1 Å². The van der Waals surface area contributed by atoms with Crippen molar-refractivity contribution in [3.8, 4) is 28.5 Å². The molecule has 5 nitrogen and oxygen atoms in total. The lowest BCUT2D eigenvalue weighted by Gasteiger charge is -2.19. The molecular weight excluding hydrogens is 422 g/mol. The molecule has 0 saturated heterocycles. The highest BCUT2D eigenvalue weighted by molar-refractivity contribution is 5.88. The number of hydrogen-bond donors (Lipinski definition) is 0. The average molecular weight is 437 g/mol. The molecule has 1 aliphatic rings. The van der Waals surface area contributed by atoms with Gasteiger partial charge in [-0.05, 0) is 37.1 Å². The van der Waals surface area contributed by atoms with E-state index < -0.39 is 24.1 Å². The quantitative estimate of drug-likeness (QED) is 0.395. The summed E-state index contributed by atoms with van der Waals surface area (Å²) in [6, 6.07) is 14.0. The van der Waals surface area contributed by atoms with E-state index in [1.165, 1.54) is 18.3 Å². The van der Waals surface area contributed by atoms with Gasteiger partial charge < -0.3 is 0 Å². The highest BCUT2D eigenvalue weighted by Crippen LogP contribution is 2.58. The summed E-state index contributed by atoms with van der Waals surface area (Å²) < 4.78 is 56.0. The molecule has 0 aliphatic heterocycles. The van der Waals surface area contributed by atoms with Crippen molar-refractivity contribution in [2.45, 2.75) is 25.6 Å². The summed E-state index contributed by atoms with van der Waals surface area (Å²) >= 11 is 0. The zero-order valence-electron chi connectivity index (χ0n) is 16.6. The Kier molecular flexibility index (Phi) is 4.48. The van der Waals surface area contributed by atoms with Crippen molar-refractivity contribution in [3.63, 3.8) is 0 Å². The van der Waals surface area contributed by atoms with Crippen molar-refractivity contribution >= 4 is 10.9 Å². The zero-order chi connectivity index (χ0) is 22.5. The fourth-order valence-corrected chi connectivity index (χ4v) is 3.80. The van der Waals surface area contributed by atoms with E-state index in [1.807, 2.05) is 18.2 Å². The second kappa shape index (κ2) is 7.12. The Balaban J connectivity index is 1.60. The molecule has 0 N–H and O–H groups in total. The summed E-state index contributed by atoms with van der Waals surface area (Å²) in [6.07, 6.45) is -1.65. The highest BCUT2D eigenvalue weighted by atomic mass is 19.4. The smallest absolute Gasteiger partial charge is 0.256 e. The number of nitriles is 1. The molecule has 1 aromatic carbocycles. The van der Waals surface area contributed by atoms with Gasteiger partial charge >= 0.3 is 6.18 Å². The van der Waals surface area contributed by atoms with Crippen LogP contribution in [0.25, 0.3) is 33.3 Å². The average Bonchev–Trinajstić information content (AvgIpc) is 3.51. The fraction of sp³-hybridized carbons (Fsp3) is 0.217. The molecule has 0 unspecified atom stereocenters. The first-order valence-electron chi connectivity index (χ1n) is 9.86. The largest absolute Gasteiger partial charge is 0.396 e. The standard InChI is InChI=1S/C23H15F4N5/c24-21-18(12-30-32(21)13-22(7-8-22)23(25,26)27)17-6-5-16(11-28)31-20(17)15-4-3-14-2-1-9-29-19(14)10-15/h1-6,9-10,12H,7-8,13H2. The molecule has 1 aliphatic carbocycles. The third-order valence-electron chi connectivity index (χ3n) is 5.86. The van der Waals surface area contributed by atoms with Gasteiger partial charge in [-0.1, -0.05) is 18.2 Å². The molecule has 32 heavy (non-hydrogen) atoms. The van der Waals surface area contributed by atoms with Crippen LogP contribution < -0.4 is 0 Å². The third-order valence-corrected chi connectivity index (χ3v) is 5.86. The Labute approximate surface area is 180 Å². The lowest BCUT2D eigenvalue weighted by atomic mass is 9.99. The number of rotatable bonds is 4. The van der Waals surface area contributed by atoms with E-state index in [2.05, 4.69) is 15.1 Å². The number of hydrogen-bond acceptors (Lipinski definition) is 4. The molecule has 0 spiro atoms. The summed E-state index contributed by atoms with van der Waals surface area (Å²) in [5.41, 5.74) is 0.184. The number of alkyl halides is 3. The molecule has 160 valence electrons. The van der Waals surface area contributed by atoms with Crippen molar-refractivity contribution in [1.82, 2.24) is 19.7 Å². The Morgan fingerprint density at radius 2 is 1.91 bits per heavy atom. The number of halogens is 4. The van der Waals surface area contributed by atoms with Crippen LogP contribution in [-0.4, -0.2) is 25.9 Å². The second-order valence-corrected chi connectivity index (χ2v) is 7.90. The molecule has 0 radical (unpaired) electrons. The van der Waals surface area contributed by atoms with E-state index in [0.717, 1.165) is 10.1 Å². The first-order chi connectivity index (χ1) is 15.3. The first-order valence-corrected chi connectivity index (χ1v) is 9.86. The monoisotopic (exact) mass is 437 g/mol. The van der Waals surface area contributed by atoms with Crippen LogP contribution in [0.15, 0.2) is 54.9 Å². The number of benzene rings is 1. The van der Waals surface area contributed by atoms with Gasteiger partial charge in [0.15, 0.2) is 0 Å². The minimum atomic E-state index is -4.41. The Hall–Kier alpha value is -3.80. The topological polar surface area (TPSA) is 67.4 Å². The van der Waals surface area contributed by atoms with Crippen LogP contribution in [0.2, 0.25) is 0 Å². The predicted octanol–water partition coefficient (Wildman–Crippen LogP) is 5.51. The van der Waals surface area contributed by atoms with Gasteiger partial charge in [-0.25, -0.2) is 9.67 Å². The Morgan fingerprint density at radius 1 is 1.09 bits per heavy atom. The van der Waals surface area contributed by atoms with Crippen LogP contribution in [0.1, 0.15) is 18.5 Å². The molecule has 3 heterocycles. The molecule has 0 bridgehead atoms. The maximum absolute atomic E-state index is 15.2. The SMILES string of the molecule is N#Cc1ccc(-c2cnn(CC3(C(F)(F)F)CC3)c2F)c(-c2ccc3cccnc3c2)n1. The van der Waals surface area contributed by atoms with Gasteiger partial charge in [-0.3, -0.25) is 4.98 Å². The first kappa shape index (κ1) is 20.1. The van der Waals surface area contributed by atoms with Gasteiger partial charge in [0.2, 0.25) is 5.95 Å². The Bertz CT molecular complexity index is 1380. The highest BCUT2D eigenvalue weighted by Gasteiger charge is 2.63. The van der Waals surface area contributed by atoms with Crippen LogP contribution in [0.4, 0.5) is 17.6 Å². The zero-order valence-corrected chi connectivity index (χ0v) is 16.6. The normalized spacial score (nSPS) is 15.0. The summed E-state index contributed by atoms with van der Waals surface area (Å²) in [6.45, 7) is -0.568. The summed E-state index contributed by atoms with van der Waals surface area (Å²) in [7, 11) is 0. The molecule has 0 atom stereocenters. The van der Waals surface area contributed by atoms with Crippen LogP contribution in [0.3, 0.4) is 0 Å². The van der Waals surface area contributed by atoms with E-state index in [9.17, 15) is 18.4 Å². The van der Waals surface area contributed by atoms with Gasteiger partial charge in [-0.15, -0.1) is 0 Å². The third kappa shape index (κ3) is 3.28. The number of nitrogens with zero attached hydrogens (tertiary/aromatic N) is 5. The molecular formula is C23H15F4N5. The minimum absolute atomic E-state index is 0.0242. The molecule has 1 fully saturated rings. The van der Waals surface area contributed by atoms with Crippen molar-refractivity contribution in [1.29, 1.82) is 5.26 Å². The summed E-state index contributed by atoms with van der Waals surface area (Å²) in [5, 5.41) is 14.1. The van der Waals surface area contributed by atoms with Gasteiger partial charge in [0.25, 0.3) is 0 Å². The van der Waals surface area contributed by atoms with Crippen molar-refractivity contribution in [2.75, 3.05) is 0 Å². The lowest BCUT2D eigenvalue weighted by Crippen LogP contribution is -2.30. The second-order valence-electron chi connectivity index (χ2n) is 7.90. The van der Waals surface area contributed by atoms with Crippen molar-refractivity contribution < 1.29 is 17.6 Å². The molecule has 9 heteroatoms. The van der Waals surface area contributed by atoms with Crippen LogP contribution in [0, 0.1) is 22.7 Å². The predicted molar refractivity (Wildman–Crippen MR) is 109 cm³/mol. The molecule has 3 aromatic heterocycles. The van der Waals surface area contributed by atoms with E-state index in [0.29, 0.717) is 22.3 Å². The van der Waals surface area contributed by atoms with Crippen molar-refractivity contribution in [3.05, 3.63) is 66.5 Å². The van der Waals surface area contributed by atoms with Crippen LogP contribution >= 0.6 is 0 Å². The van der Waals surface area contributed by atoms with E-state index in [1.54, 1.807) is 24.4 Å². The fourth-order valence-electron chi connectivity index (χ4n) is 3.80. The number of pyridine rings is 2. The Morgan fingerprint density at radius 3 is 2.62 bits per heavy atom. The van der Waals surface area contributed by atoms with Gasteiger partial charge in [0, 0.05) is 22.7 Å². The van der Waals surface area contributed by atoms with Crippen LogP contribution in [-0.2, 0) is 6.54 Å². The van der Waals surface area contributed by atoms with Gasteiger partial charge in [0.05, 0.1) is 34.9 Å². The molecule has 5 rings (SSSR count). The van der Waals surface area contributed by atoms with Crippen molar-refractivity contribution in [2.24, 2.45) is 5.41 Å². The van der Waals surface area contributed by atoms with Gasteiger partial charge in [-0.2, -0.15) is 27.9 Å². The number of fused-ring (bicyclic) bond motifs is 1. The van der Waals surface area contributed by atoms with Gasteiger partial charge in [0.1, 0.15) is 11.8 Å². The maximum atomic E-state index is 15.2. The summed E-state index contributed by atoms with van der Waals surface area (Å²) in [5.74, 6) is -0.868. The lowest BCUT2D eigenvalue weighted by molar-refractivity contribution is -0.192. The number of aromatic nitrogens is 4. The molecule has 1 saturated carbocycles. The molecule has 0 amide bonds. The van der Waals surface area contributed by atoms with Crippen LogP contribution in [0.5, 0.6) is 0 Å². The summed E-state index contributed by atoms with van der Waals surface area (Å²) in [4.78, 5) is 8.66.